The Hall–Kier alpha value is -1.14. The highest BCUT2D eigenvalue weighted by Crippen LogP contribution is 1.99. The van der Waals surface area contributed by atoms with Gasteiger partial charge in [0.15, 0.2) is 0 Å². The van der Waals surface area contributed by atoms with Gasteiger partial charge in [-0.05, 0) is 13.3 Å². The van der Waals surface area contributed by atoms with E-state index in [2.05, 4.69) is 10.1 Å². The van der Waals surface area contributed by atoms with E-state index < -0.39 is 24.0 Å². The van der Waals surface area contributed by atoms with Crippen LogP contribution in [-0.4, -0.2) is 42.3 Å². The van der Waals surface area contributed by atoms with Crippen LogP contribution in [0.4, 0.5) is 0 Å². The van der Waals surface area contributed by atoms with Gasteiger partial charge in [-0.25, -0.2) is 0 Å². The Balaban J connectivity index is 3.91. The fourth-order valence-electron chi connectivity index (χ4n) is 1.16. The van der Waals surface area contributed by atoms with E-state index >= 15 is 0 Å². The molecule has 0 spiro atoms. The molecule has 2 atom stereocenters. The third kappa shape index (κ3) is 5.67. The van der Waals surface area contributed by atoms with Gasteiger partial charge in [-0.2, -0.15) is 0 Å². The predicted molar refractivity (Wildman–Crippen MR) is 58.5 cm³/mol. The van der Waals surface area contributed by atoms with Gasteiger partial charge in [0.05, 0.1) is 6.61 Å². The summed E-state index contributed by atoms with van der Waals surface area (Å²) >= 11 is 0. The molecule has 1 amide bonds. The van der Waals surface area contributed by atoms with E-state index in [0.717, 1.165) is 6.42 Å². The molecule has 0 radical (unpaired) electrons. The predicted octanol–water partition coefficient (Wildman–Crippen LogP) is -0.846. The first-order valence-electron chi connectivity index (χ1n) is 5.39. The molecule has 0 aromatic carbocycles. The minimum Gasteiger partial charge on any atom is -0.465 e. The van der Waals surface area contributed by atoms with E-state index in [0.29, 0.717) is 6.42 Å². The SMILES string of the molecule is CCCC(N)C(O)C(=O)NCC(=O)OCC. The lowest BCUT2D eigenvalue weighted by Crippen LogP contribution is -2.47. The van der Waals surface area contributed by atoms with Crippen molar-refractivity contribution in [1.29, 1.82) is 0 Å². The van der Waals surface area contributed by atoms with Gasteiger partial charge in [0.25, 0.3) is 5.91 Å². The molecule has 6 nitrogen and oxygen atoms in total. The summed E-state index contributed by atoms with van der Waals surface area (Å²) in [7, 11) is 0. The molecule has 0 bridgehead atoms. The Morgan fingerprint density at radius 1 is 1.44 bits per heavy atom. The lowest BCUT2D eigenvalue weighted by atomic mass is 10.1. The molecule has 0 saturated heterocycles. The summed E-state index contributed by atoms with van der Waals surface area (Å²) in [4.78, 5) is 22.2. The van der Waals surface area contributed by atoms with E-state index in [1.165, 1.54) is 0 Å². The van der Waals surface area contributed by atoms with Gasteiger partial charge < -0.3 is 20.9 Å². The number of carbonyl (C=O) groups excluding carboxylic acids is 2. The monoisotopic (exact) mass is 232 g/mol. The number of hydrogen-bond acceptors (Lipinski definition) is 5. The number of esters is 1. The molecule has 0 aliphatic carbocycles. The number of aliphatic hydroxyl groups excluding tert-OH is 1. The van der Waals surface area contributed by atoms with E-state index in [9.17, 15) is 14.7 Å². The maximum atomic E-state index is 11.3. The van der Waals surface area contributed by atoms with Crippen LogP contribution in [-0.2, 0) is 14.3 Å². The molecule has 6 heteroatoms. The smallest absolute Gasteiger partial charge is 0.325 e. The minimum atomic E-state index is -1.28. The molecule has 0 saturated carbocycles. The quantitative estimate of drug-likeness (QED) is 0.496. The van der Waals surface area contributed by atoms with Crippen molar-refractivity contribution >= 4 is 11.9 Å². The molecule has 0 heterocycles. The van der Waals surface area contributed by atoms with E-state index in [-0.39, 0.29) is 13.2 Å². The molecule has 2 unspecified atom stereocenters. The van der Waals surface area contributed by atoms with Crippen molar-refractivity contribution in [2.45, 2.75) is 38.8 Å². The molecular formula is C10H20N2O4. The summed E-state index contributed by atoms with van der Waals surface area (Å²) in [6, 6.07) is -0.604. The van der Waals surface area contributed by atoms with E-state index in [1.54, 1.807) is 6.92 Å². The second-order valence-electron chi connectivity index (χ2n) is 3.42. The molecule has 16 heavy (non-hydrogen) atoms. The van der Waals surface area contributed by atoms with Crippen LogP contribution in [0.1, 0.15) is 26.7 Å². The number of hydrogen-bond donors (Lipinski definition) is 3. The number of rotatable bonds is 7. The number of carbonyl (C=O) groups is 2. The number of aliphatic hydroxyl groups is 1. The van der Waals surface area contributed by atoms with E-state index in [1.807, 2.05) is 6.92 Å². The summed E-state index contributed by atoms with van der Waals surface area (Å²) in [5.41, 5.74) is 5.57. The third-order valence-electron chi connectivity index (χ3n) is 2.01. The van der Waals surface area contributed by atoms with Gasteiger partial charge in [0, 0.05) is 6.04 Å². The second-order valence-corrected chi connectivity index (χ2v) is 3.42. The first-order chi connectivity index (χ1) is 7.52. The fraction of sp³-hybridized carbons (Fsp3) is 0.800. The zero-order valence-electron chi connectivity index (χ0n) is 9.73. The highest BCUT2D eigenvalue weighted by molar-refractivity contribution is 5.85. The van der Waals surface area contributed by atoms with Crippen molar-refractivity contribution in [3.05, 3.63) is 0 Å². The van der Waals surface area contributed by atoms with Gasteiger partial charge in [-0.1, -0.05) is 13.3 Å². The molecule has 0 aliphatic heterocycles. The summed E-state index contributed by atoms with van der Waals surface area (Å²) < 4.78 is 4.61. The van der Waals surface area contributed by atoms with Crippen molar-refractivity contribution in [3.8, 4) is 0 Å². The largest absolute Gasteiger partial charge is 0.465 e. The van der Waals surface area contributed by atoms with Crippen molar-refractivity contribution in [1.82, 2.24) is 5.32 Å². The normalized spacial score (nSPS) is 14.0. The average Bonchev–Trinajstić information content (AvgIpc) is 2.25. The molecule has 0 aromatic rings. The van der Waals surface area contributed by atoms with Gasteiger partial charge in [0.2, 0.25) is 0 Å². The van der Waals surface area contributed by atoms with Crippen LogP contribution in [0.3, 0.4) is 0 Å². The molecule has 0 aromatic heterocycles. The molecule has 0 rings (SSSR count). The maximum absolute atomic E-state index is 11.3. The molecule has 0 fully saturated rings. The van der Waals surface area contributed by atoms with Gasteiger partial charge >= 0.3 is 5.97 Å². The zero-order valence-corrected chi connectivity index (χ0v) is 9.73. The molecule has 4 N–H and O–H groups in total. The Morgan fingerprint density at radius 3 is 2.56 bits per heavy atom. The van der Waals surface area contributed by atoms with Crippen molar-refractivity contribution < 1.29 is 19.4 Å². The standard InChI is InChI=1S/C10H20N2O4/c1-3-5-7(11)9(14)10(15)12-6-8(13)16-4-2/h7,9,14H,3-6,11H2,1-2H3,(H,12,15). The highest BCUT2D eigenvalue weighted by Gasteiger charge is 2.22. The first-order valence-corrected chi connectivity index (χ1v) is 5.39. The molecule has 0 aliphatic rings. The number of nitrogens with one attached hydrogen (secondary N) is 1. The summed E-state index contributed by atoms with van der Waals surface area (Å²) in [5, 5.41) is 11.7. The van der Waals surface area contributed by atoms with Crippen LogP contribution in [0.15, 0.2) is 0 Å². The maximum Gasteiger partial charge on any atom is 0.325 e. The highest BCUT2D eigenvalue weighted by atomic mass is 16.5. The summed E-state index contributed by atoms with van der Waals surface area (Å²) in [6.07, 6.45) is 0.0477. The van der Waals surface area contributed by atoms with Crippen molar-refractivity contribution in [2.75, 3.05) is 13.2 Å². The van der Waals surface area contributed by atoms with Gasteiger partial charge in [-0.15, -0.1) is 0 Å². The lowest BCUT2D eigenvalue weighted by Gasteiger charge is -2.17. The van der Waals surface area contributed by atoms with Crippen LogP contribution in [0.2, 0.25) is 0 Å². The number of ether oxygens (including phenoxy) is 1. The van der Waals surface area contributed by atoms with Gasteiger partial charge in [0.1, 0.15) is 12.6 Å². The van der Waals surface area contributed by atoms with Crippen molar-refractivity contribution in [3.63, 3.8) is 0 Å². The van der Waals surface area contributed by atoms with Crippen LogP contribution >= 0.6 is 0 Å². The first kappa shape index (κ1) is 14.9. The Bertz CT molecular complexity index is 233. The lowest BCUT2D eigenvalue weighted by molar-refractivity contribution is -0.144. The fourth-order valence-corrected chi connectivity index (χ4v) is 1.16. The zero-order chi connectivity index (χ0) is 12.6. The van der Waals surface area contributed by atoms with E-state index in [4.69, 9.17) is 5.73 Å². The summed E-state index contributed by atoms with van der Waals surface area (Å²) in [6.45, 7) is 3.59. The van der Waals surface area contributed by atoms with Crippen LogP contribution in [0.5, 0.6) is 0 Å². The minimum absolute atomic E-state index is 0.247. The average molecular weight is 232 g/mol. The van der Waals surface area contributed by atoms with Gasteiger partial charge in [-0.3, -0.25) is 9.59 Å². The van der Waals surface area contributed by atoms with Crippen molar-refractivity contribution in [2.24, 2.45) is 5.73 Å². The van der Waals surface area contributed by atoms with Crippen LogP contribution in [0.25, 0.3) is 0 Å². The number of nitrogens with two attached hydrogens (primary N) is 1. The third-order valence-corrected chi connectivity index (χ3v) is 2.01. The van der Waals surface area contributed by atoms with Crippen LogP contribution < -0.4 is 11.1 Å². The molecule has 94 valence electrons. The van der Waals surface area contributed by atoms with Crippen LogP contribution in [0, 0.1) is 0 Å². The Kier molecular flexibility index (Phi) is 7.49. The topological polar surface area (TPSA) is 102 Å². The molecular weight excluding hydrogens is 212 g/mol. The second kappa shape index (κ2) is 8.06. The number of amides is 1. The Morgan fingerprint density at radius 2 is 2.06 bits per heavy atom. The Labute approximate surface area is 95.1 Å². The summed E-state index contributed by atoms with van der Waals surface area (Å²) in [5.74, 6) is -1.18.